The minimum absolute atomic E-state index is 0.00862. The van der Waals surface area contributed by atoms with E-state index < -0.39 is 0 Å². The van der Waals surface area contributed by atoms with Crippen molar-refractivity contribution >= 4 is 6.03 Å². The lowest BCUT2D eigenvalue weighted by molar-refractivity contribution is 0.147. The van der Waals surface area contributed by atoms with E-state index in [-0.39, 0.29) is 23.2 Å². The van der Waals surface area contributed by atoms with E-state index in [1.54, 1.807) is 0 Å². The Hall–Kier alpha value is -0.770. The molecule has 1 aliphatic carbocycles. The summed E-state index contributed by atoms with van der Waals surface area (Å²) in [6.07, 6.45) is 9.92. The van der Waals surface area contributed by atoms with Crippen molar-refractivity contribution < 1.29 is 4.79 Å². The zero-order valence-electron chi connectivity index (χ0n) is 14.9. The Morgan fingerprint density at radius 3 is 2.23 bits per heavy atom. The molecular weight excluding hydrogens is 274 g/mol. The molecule has 0 bridgehead atoms. The first-order chi connectivity index (χ1) is 10.3. The van der Waals surface area contributed by atoms with Crippen LogP contribution in [0.3, 0.4) is 0 Å². The van der Waals surface area contributed by atoms with Crippen molar-refractivity contribution in [2.75, 3.05) is 6.54 Å². The third kappa shape index (κ3) is 5.79. The lowest BCUT2D eigenvalue weighted by Gasteiger charge is -2.46. The molecule has 2 rings (SSSR count). The minimum atomic E-state index is 0.00862. The third-order valence-corrected chi connectivity index (χ3v) is 5.09. The van der Waals surface area contributed by atoms with Crippen LogP contribution >= 0.6 is 0 Å². The zero-order chi connectivity index (χ0) is 16.2. The SMILES string of the molecule is CC1(C)CC(NC(=O)NCCC2CCCCC2)CC(C)(C)N1. The Morgan fingerprint density at radius 2 is 1.64 bits per heavy atom. The van der Waals surface area contributed by atoms with Crippen LogP contribution in [-0.4, -0.2) is 29.7 Å². The number of carbonyl (C=O) groups excluding carboxylic acids is 1. The van der Waals surface area contributed by atoms with E-state index in [2.05, 4.69) is 43.6 Å². The molecule has 1 saturated heterocycles. The van der Waals surface area contributed by atoms with Crippen LogP contribution in [0, 0.1) is 5.92 Å². The summed E-state index contributed by atoms with van der Waals surface area (Å²) in [6.45, 7) is 9.66. The molecule has 2 amide bonds. The van der Waals surface area contributed by atoms with Crippen molar-refractivity contribution in [2.45, 2.75) is 96.2 Å². The van der Waals surface area contributed by atoms with Gasteiger partial charge in [-0.15, -0.1) is 0 Å². The molecule has 2 aliphatic rings. The fourth-order valence-electron chi connectivity index (χ4n) is 4.53. The molecule has 0 aromatic heterocycles. The van der Waals surface area contributed by atoms with Crippen molar-refractivity contribution in [3.8, 4) is 0 Å². The van der Waals surface area contributed by atoms with Crippen LogP contribution < -0.4 is 16.0 Å². The number of carbonyl (C=O) groups is 1. The van der Waals surface area contributed by atoms with Gasteiger partial charge in [-0.3, -0.25) is 0 Å². The highest BCUT2D eigenvalue weighted by molar-refractivity contribution is 5.74. The summed E-state index contributed by atoms with van der Waals surface area (Å²) in [6, 6.07) is 0.259. The number of hydrogen-bond donors (Lipinski definition) is 3. The van der Waals surface area contributed by atoms with Crippen LogP contribution in [0.25, 0.3) is 0 Å². The van der Waals surface area contributed by atoms with E-state index in [9.17, 15) is 4.79 Å². The van der Waals surface area contributed by atoms with Gasteiger partial charge in [-0.1, -0.05) is 32.1 Å². The van der Waals surface area contributed by atoms with Crippen molar-refractivity contribution in [1.82, 2.24) is 16.0 Å². The molecule has 3 N–H and O–H groups in total. The maximum absolute atomic E-state index is 12.1. The number of urea groups is 1. The predicted octanol–water partition coefficient (Wildman–Crippen LogP) is 3.57. The first kappa shape index (κ1) is 17.6. The van der Waals surface area contributed by atoms with Gasteiger partial charge >= 0.3 is 6.03 Å². The average Bonchev–Trinajstić information content (AvgIpc) is 2.36. The maximum atomic E-state index is 12.1. The van der Waals surface area contributed by atoms with Gasteiger partial charge in [-0.05, 0) is 52.9 Å². The van der Waals surface area contributed by atoms with Gasteiger partial charge in [0.05, 0.1) is 0 Å². The number of rotatable bonds is 4. The van der Waals surface area contributed by atoms with Crippen LogP contribution in [-0.2, 0) is 0 Å². The Kier molecular flexibility index (Phi) is 5.76. The number of amides is 2. The van der Waals surface area contributed by atoms with Gasteiger partial charge in [0.15, 0.2) is 0 Å². The fourth-order valence-corrected chi connectivity index (χ4v) is 4.53. The van der Waals surface area contributed by atoms with Gasteiger partial charge in [0.25, 0.3) is 0 Å². The predicted molar refractivity (Wildman–Crippen MR) is 92.0 cm³/mol. The number of nitrogens with one attached hydrogen (secondary N) is 3. The molecule has 0 atom stereocenters. The summed E-state index contributed by atoms with van der Waals surface area (Å²) in [5.41, 5.74) is 0.142. The van der Waals surface area contributed by atoms with E-state index in [1.807, 2.05) is 0 Å². The van der Waals surface area contributed by atoms with E-state index in [1.165, 1.54) is 32.1 Å². The Labute approximate surface area is 136 Å². The van der Waals surface area contributed by atoms with Gasteiger partial charge < -0.3 is 16.0 Å². The first-order valence-corrected chi connectivity index (χ1v) is 9.09. The van der Waals surface area contributed by atoms with Crippen molar-refractivity contribution in [1.29, 1.82) is 0 Å². The van der Waals surface area contributed by atoms with Crippen LogP contribution in [0.1, 0.15) is 79.1 Å². The molecule has 0 unspecified atom stereocenters. The second-order valence-electron chi connectivity index (χ2n) is 8.69. The van der Waals surface area contributed by atoms with E-state index in [0.717, 1.165) is 31.7 Å². The van der Waals surface area contributed by atoms with E-state index in [4.69, 9.17) is 0 Å². The molecule has 0 radical (unpaired) electrons. The largest absolute Gasteiger partial charge is 0.338 e. The molecule has 1 saturated carbocycles. The van der Waals surface area contributed by atoms with Crippen molar-refractivity contribution in [3.05, 3.63) is 0 Å². The van der Waals surface area contributed by atoms with Gasteiger partial charge in [0, 0.05) is 23.7 Å². The highest BCUT2D eigenvalue weighted by Crippen LogP contribution is 2.28. The van der Waals surface area contributed by atoms with Gasteiger partial charge in [0.1, 0.15) is 0 Å². The Bertz CT molecular complexity index is 357. The van der Waals surface area contributed by atoms with Crippen LogP contribution in [0.2, 0.25) is 0 Å². The summed E-state index contributed by atoms with van der Waals surface area (Å²) in [5, 5.41) is 9.89. The van der Waals surface area contributed by atoms with Crippen LogP contribution in [0.5, 0.6) is 0 Å². The molecule has 2 fully saturated rings. The summed E-state index contributed by atoms with van der Waals surface area (Å²) < 4.78 is 0. The Morgan fingerprint density at radius 1 is 1.05 bits per heavy atom. The summed E-state index contributed by atoms with van der Waals surface area (Å²) in [7, 11) is 0. The van der Waals surface area contributed by atoms with Gasteiger partial charge in [-0.2, -0.15) is 0 Å². The van der Waals surface area contributed by atoms with E-state index >= 15 is 0 Å². The van der Waals surface area contributed by atoms with Crippen molar-refractivity contribution in [3.63, 3.8) is 0 Å². The molecule has 4 nitrogen and oxygen atoms in total. The van der Waals surface area contributed by atoms with Gasteiger partial charge in [-0.25, -0.2) is 4.79 Å². The highest BCUT2D eigenvalue weighted by Gasteiger charge is 2.38. The quantitative estimate of drug-likeness (QED) is 0.743. The molecule has 22 heavy (non-hydrogen) atoms. The lowest BCUT2D eigenvalue weighted by atomic mass is 9.80. The normalized spacial score (nSPS) is 25.6. The van der Waals surface area contributed by atoms with Gasteiger partial charge in [0.2, 0.25) is 0 Å². The molecule has 128 valence electrons. The maximum Gasteiger partial charge on any atom is 0.315 e. The first-order valence-electron chi connectivity index (χ1n) is 9.09. The summed E-state index contributed by atoms with van der Waals surface area (Å²) in [5.74, 6) is 0.825. The number of piperidine rings is 1. The molecular formula is C18H35N3O. The average molecular weight is 309 g/mol. The minimum Gasteiger partial charge on any atom is -0.338 e. The van der Waals surface area contributed by atoms with Crippen LogP contribution in [0.4, 0.5) is 4.79 Å². The standard InChI is InChI=1S/C18H35N3O/c1-17(2)12-15(13-18(3,4)21-17)20-16(22)19-11-10-14-8-6-5-7-9-14/h14-15,21H,5-13H2,1-4H3,(H2,19,20,22). The van der Waals surface area contributed by atoms with Crippen molar-refractivity contribution in [2.24, 2.45) is 5.92 Å². The summed E-state index contributed by atoms with van der Waals surface area (Å²) in [4.78, 5) is 12.1. The highest BCUT2D eigenvalue weighted by atomic mass is 16.2. The second-order valence-corrected chi connectivity index (χ2v) is 8.69. The van der Waals surface area contributed by atoms with Crippen LogP contribution in [0.15, 0.2) is 0 Å². The molecule has 0 aromatic carbocycles. The monoisotopic (exact) mass is 309 g/mol. The third-order valence-electron chi connectivity index (χ3n) is 5.09. The zero-order valence-corrected chi connectivity index (χ0v) is 14.9. The molecule has 4 heteroatoms. The Balaban J connectivity index is 1.69. The molecule has 0 spiro atoms. The molecule has 0 aromatic rings. The van der Waals surface area contributed by atoms with E-state index in [0.29, 0.717) is 0 Å². The number of hydrogen-bond acceptors (Lipinski definition) is 2. The summed E-state index contributed by atoms with van der Waals surface area (Å²) >= 11 is 0. The molecule has 1 aliphatic heterocycles. The molecule has 1 heterocycles. The lowest BCUT2D eigenvalue weighted by Crippen LogP contribution is -2.62. The fraction of sp³-hybridized carbons (Fsp3) is 0.944. The smallest absolute Gasteiger partial charge is 0.315 e. The second kappa shape index (κ2) is 7.20. The topological polar surface area (TPSA) is 53.2 Å².